The van der Waals surface area contributed by atoms with Gasteiger partial charge in [-0.05, 0) is 31.1 Å². The van der Waals surface area contributed by atoms with Crippen molar-refractivity contribution in [3.05, 3.63) is 0 Å². The topological polar surface area (TPSA) is 66.8 Å². The van der Waals surface area contributed by atoms with Gasteiger partial charge in [-0.25, -0.2) is 8.42 Å². The quantitative estimate of drug-likeness (QED) is 0.726. The molecule has 5 atom stereocenters. The number of rotatable bonds is 1. The Bertz CT molecular complexity index is 616. The second kappa shape index (κ2) is 4.72. The van der Waals surface area contributed by atoms with Gasteiger partial charge in [-0.3, -0.25) is 4.79 Å². The lowest BCUT2D eigenvalue weighted by atomic mass is 9.93. The molecule has 0 aromatic rings. The molecule has 2 saturated carbocycles. The van der Waals surface area contributed by atoms with Crippen molar-refractivity contribution in [2.45, 2.75) is 49.9 Å². The minimum Gasteiger partial charge on any atom is -0.343 e. The predicted molar refractivity (Wildman–Crippen MR) is 83.0 cm³/mol. The Labute approximate surface area is 129 Å². The van der Waals surface area contributed by atoms with Crippen LogP contribution in [0.15, 0.2) is 4.99 Å². The van der Waals surface area contributed by atoms with Crippen LogP contribution in [-0.2, 0) is 14.6 Å². The molecule has 2 aliphatic heterocycles. The molecule has 0 unspecified atom stereocenters. The number of carbonyl (C=O) groups excluding carboxylic acids is 1. The van der Waals surface area contributed by atoms with Crippen LogP contribution in [0.1, 0.15) is 32.6 Å². The first-order valence-electron chi connectivity index (χ1n) is 7.67. The predicted octanol–water partition coefficient (Wildman–Crippen LogP) is 1.29. The monoisotopic (exact) mass is 328 g/mol. The molecule has 4 fully saturated rings. The third-order valence-corrected chi connectivity index (χ3v) is 8.64. The third kappa shape index (κ3) is 2.32. The van der Waals surface area contributed by atoms with E-state index in [1.54, 1.807) is 0 Å². The molecule has 1 amide bonds. The van der Waals surface area contributed by atoms with E-state index in [4.69, 9.17) is 0 Å². The molecule has 0 aromatic heterocycles. The van der Waals surface area contributed by atoms with Crippen LogP contribution in [0, 0.1) is 11.8 Å². The van der Waals surface area contributed by atoms with Crippen LogP contribution < -0.4 is 0 Å². The van der Waals surface area contributed by atoms with E-state index < -0.39 is 9.84 Å². The molecule has 4 aliphatic rings. The fourth-order valence-electron chi connectivity index (χ4n) is 4.67. The Kier molecular flexibility index (Phi) is 3.16. The minimum atomic E-state index is -2.94. The van der Waals surface area contributed by atoms with Crippen molar-refractivity contribution in [3.63, 3.8) is 0 Å². The smallest absolute Gasteiger partial charge is 0.244 e. The van der Waals surface area contributed by atoms with Gasteiger partial charge in [0, 0.05) is 18.2 Å². The van der Waals surface area contributed by atoms with Crippen molar-refractivity contribution < 1.29 is 13.2 Å². The molecule has 0 aromatic carbocycles. The van der Waals surface area contributed by atoms with Crippen molar-refractivity contribution in [1.82, 2.24) is 4.90 Å². The fourth-order valence-corrected chi connectivity index (χ4v) is 8.68. The lowest BCUT2D eigenvalue weighted by molar-refractivity contribution is -0.115. The fraction of sp³-hybridized carbons (Fsp3) is 0.857. The molecular weight excluding hydrogens is 308 g/mol. The van der Waals surface area contributed by atoms with Crippen molar-refractivity contribution in [2.75, 3.05) is 11.5 Å². The van der Waals surface area contributed by atoms with Crippen LogP contribution in [0.3, 0.4) is 0 Å². The Morgan fingerprint density at radius 2 is 2.05 bits per heavy atom. The third-order valence-electron chi connectivity index (χ3n) is 5.42. The largest absolute Gasteiger partial charge is 0.343 e. The van der Waals surface area contributed by atoms with Gasteiger partial charge >= 0.3 is 0 Å². The highest BCUT2D eigenvalue weighted by molar-refractivity contribution is 8.15. The van der Waals surface area contributed by atoms with Crippen molar-refractivity contribution in [3.8, 4) is 0 Å². The molecule has 2 bridgehead atoms. The number of amidine groups is 1. The summed E-state index contributed by atoms with van der Waals surface area (Å²) in [7, 11) is -2.94. The van der Waals surface area contributed by atoms with Gasteiger partial charge < -0.3 is 4.90 Å². The molecule has 0 radical (unpaired) electrons. The Balaban J connectivity index is 1.67. The van der Waals surface area contributed by atoms with E-state index in [9.17, 15) is 13.2 Å². The summed E-state index contributed by atoms with van der Waals surface area (Å²) in [4.78, 5) is 17.8. The normalized spacial score (nSPS) is 45.5. The van der Waals surface area contributed by atoms with Gasteiger partial charge in [0.25, 0.3) is 0 Å². The summed E-state index contributed by atoms with van der Waals surface area (Å²) in [5, 5.41) is 0.845. The van der Waals surface area contributed by atoms with Crippen LogP contribution in [0.4, 0.5) is 0 Å². The van der Waals surface area contributed by atoms with E-state index in [0.29, 0.717) is 12.0 Å². The van der Waals surface area contributed by atoms with Crippen LogP contribution >= 0.6 is 11.8 Å². The van der Waals surface area contributed by atoms with Crippen LogP contribution in [0.5, 0.6) is 0 Å². The zero-order valence-electron chi connectivity index (χ0n) is 12.1. The number of sulfone groups is 1. The van der Waals surface area contributed by atoms with Gasteiger partial charge in [-0.15, -0.1) is 0 Å². The molecule has 21 heavy (non-hydrogen) atoms. The maximum absolute atomic E-state index is 11.9. The molecule has 2 saturated heterocycles. The average Bonchev–Trinajstić information content (AvgIpc) is 3.07. The number of nitrogens with zero attached hydrogens (tertiary/aromatic N) is 2. The summed E-state index contributed by atoms with van der Waals surface area (Å²) in [6, 6.07) is 0.431. The first-order valence-corrected chi connectivity index (χ1v) is 10.4. The number of hydrogen-bond acceptors (Lipinski definition) is 4. The van der Waals surface area contributed by atoms with Gasteiger partial charge in [0.2, 0.25) is 5.91 Å². The lowest BCUT2D eigenvalue weighted by Crippen LogP contribution is -2.47. The second-order valence-corrected chi connectivity index (χ2v) is 10.2. The molecule has 116 valence electrons. The van der Waals surface area contributed by atoms with Crippen molar-refractivity contribution in [1.29, 1.82) is 0 Å². The Hall–Kier alpha value is -0.560. The highest BCUT2D eigenvalue weighted by atomic mass is 32.2. The Morgan fingerprint density at radius 1 is 1.24 bits per heavy atom. The first-order chi connectivity index (χ1) is 9.93. The molecule has 4 rings (SSSR count). The zero-order valence-corrected chi connectivity index (χ0v) is 13.7. The van der Waals surface area contributed by atoms with E-state index >= 15 is 0 Å². The number of fused-ring (bicyclic) bond motifs is 3. The van der Waals surface area contributed by atoms with Crippen molar-refractivity contribution in [2.24, 2.45) is 16.8 Å². The van der Waals surface area contributed by atoms with Gasteiger partial charge in [0.1, 0.15) is 0 Å². The van der Waals surface area contributed by atoms with E-state index in [-0.39, 0.29) is 28.7 Å². The highest BCUT2D eigenvalue weighted by Gasteiger charge is 2.54. The molecule has 5 nitrogen and oxygen atoms in total. The maximum atomic E-state index is 11.9. The van der Waals surface area contributed by atoms with E-state index in [1.807, 2.05) is 0 Å². The Morgan fingerprint density at radius 3 is 2.67 bits per heavy atom. The van der Waals surface area contributed by atoms with Crippen molar-refractivity contribution >= 4 is 32.7 Å². The van der Waals surface area contributed by atoms with Gasteiger partial charge in [-0.2, -0.15) is 4.99 Å². The lowest BCUT2D eigenvalue weighted by Gasteiger charge is -2.36. The summed E-state index contributed by atoms with van der Waals surface area (Å²) in [5.41, 5.74) is 0. The highest BCUT2D eigenvalue weighted by Crippen LogP contribution is 2.51. The average molecular weight is 328 g/mol. The second-order valence-electron chi connectivity index (χ2n) is 6.86. The molecular formula is C14H20N2O3S2. The van der Waals surface area contributed by atoms with E-state index in [2.05, 4.69) is 9.89 Å². The maximum Gasteiger partial charge on any atom is 0.244 e. The summed E-state index contributed by atoms with van der Waals surface area (Å²) in [5.74, 6) is 1.73. The standard InChI is InChI=1S/C14H20N2O3S2/c1-8(17)15-14-16(11-5-9-2-3-10(11)4-9)12-6-21(18,19)7-13(12)20-14/h9-13H,2-7H2,1H3/t9-,10-,11+,12-,13-/m0/s1. The summed E-state index contributed by atoms with van der Waals surface area (Å²) < 4.78 is 23.9. The summed E-state index contributed by atoms with van der Waals surface area (Å²) in [6.45, 7) is 1.47. The molecule has 0 N–H and O–H groups in total. The zero-order chi connectivity index (χ0) is 14.8. The van der Waals surface area contributed by atoms with Crippen LogP contribution in [0.2, 0.25) is 0 Å². The molecule has 2 heterocycles. The first kappa shape index (κ1) is 14.1. The van der Waals surface area contributed by atoms with Gasteiger partial charge in [0.05, 0.1) is 17.5 Å². The number of hydrogen-bond donors (Lipinski definition) is 0. The number of carbonyl (C=O) groups is 1. The van der Waals surface area contributed by atoms with E-state index in [1.165, 1.54) is 37.9 Å². The number of amides is 1. The summed E-state index contributed by atoms with van der Waals surface area (Å²) in [6.07, 6.45) is 4.97. The SMILES string of the molecule is CC(=O)N=C1S[C@H]2CS(=O)(=O)C[C@@H]2N1[C@@H]1C[C@H]2CC[C@H]1C2. The minimum absolute atomic E-state index is 0.0300. The summed E-state index contributed by atoms with van der Waals surface area (Å²) >= 11 is 1.51. The van der Waals surface area contributed by atoms with Gasteiger partial charge in [-0.1, -0.05) is 18.2 Å². The molecule has 7 heteroatoms. The number of aliphatic imine (C=N–C) groups is 1. The molecule has 2 aliphatic carbocycles. The van der Waals surface area contributed by atoms with Crippen LogP contribution in [0.25, 0.3) is 0 Å². The number of thioether (sulfide) groups is 1. The van der Waals surface area contributed by atoms with Gasteiger partial charge in [0.15, 0.2) is 15.0 Å². The molecule has 0 spiro atoms. The van der Waals surface area contributed by atoms with E-state index in [0.717, 1.165) is 17.5 Å². The van der Waals surface area contributed by atoms with Crippen LogP contribution in [-0.4, -0.2) is 53.2 Å².